The zero-order chi connectivity index (χ0) is 9.57. The van der Waals surface area contributed by atoms with Gasteiger partial charge >= 0.3 is 0 Å². The predicted molar refractivity (Wildman–Crippen MR) is 45.8 cm³/mol. The third-order valence-electron chi connectivity index (χ3n) is 2.56. The molecule has 0 aromatic rings. The Bertz CT molecular complexity index is 177. The molecule has 1 saturated heterocycles. The summed E-state index contributed by atoms with van der Waals surface area (Å²) in [5.41, 5.74) is -0.580. The lowest BCUT2D eigenvalue weighted by atomic mass is 9.95. The van der Waals surface area contributed by atoms with Gasteiger partial charge in [0.1, 0.15) is 5.60 Å². The van der Waals surface area contributed by atoms with Gasteiger partial charge in [0.2, 0.25) is 0 Å². The average molecular weight is 174 g/mol. The molecule has 0 aromatic heterocycles. The second kappa shape index (κ2) is 2.69. The summed E-state index contributed by atoms with van der Waals surface area (Å²) in [6, 6.07) is 0. The van der Waals surface area contributed by atoms with Crippen LogP contribution < -0.4 is 0 Å². The first-order valence-electron chi connectivity index (χ1n) is 4.34. The van der Waals surface area contributed by atoms with Crippen LogP contribution in [0.5, 0.6) is 0 Å². The molecule has 0 unspecified atom stereocenters. The number of ether oxygens (including phenoxy) is 2. The molecule has 0 amide bonds. The molecule has 0 aromatic carbocycles. The van der Waals surface area contributed by atoms with Gasteiger partial charge < -0.3 is 14.6 Å². The lowest BCUT2D eigenvalue weighted by Crippen LogP contribution is -2.45. The van der Waals surface area contributed by atoms with Crippen LogP contribution >= 0.6 is 0 Å². The molecule has 3 nitrogen and oxygen atoms in total. The summed E-state index contributed by atoms with van der Waals surface area (Å²) in [7, 11) is 0. The average Bonchev–Trinajstić information content (AvgIpc) is 2.03. The van der Waals surface area contributed by atoms with E-state index < -0.39 is 17.5 Å². The highest BCUT2D eigenvalue weighted by Gasteiger charge is 2.50. The minimum atomic E-state index is -0.580. The van der Waals surface area contributed by atoms with E-state index in [1.807, 2.05) is 27.7 Å². The van der Waals surface area contributed by atoms with Crippen molar-refractivity contribution in [1.29, 1.82) is 0 Å². The first kappa shape index (κ1) is 9.96. The van der Waals surface area contributed by atoms with Gasteiger partial charge in [0.15, 0.2) is 5.79 Å². The second-order valence-corrected chi connectivity index (χ2v) is 4.12. The van der Waals surface area contributed by atoms with Crippen molar-refractivity contribution >= 4 is 0 Å². The summed E-state index contributed by atoms with van der Waals surface area (Å²) in [5, 5.41) is 9.51. The fourth-order valence-electron chi connectivity index (χ4n) is 1.60. The highest BCUT2D eigenvalue weighted by molar-refractivity contribution is 4.94. The number of rotatable bonds is 1. The molecule has 1 rings (SSSR count). The maximum atomic E-state index is 9.51. The van der Waals surface area contributed by atoms with Crippen LogP contribution in [0, 0.1) is 0 Å². The van der Waals surface area contributed by atoms with Gasteiger partial charge in [-0.25, -0.2) is 0 Å². The monoisotopic (exact) mass is 174 g/mol. The standard InChI is InChI=1S/C9H18O3/c1-6(10)9(5)7(2)11-8(3,4)12-9/h6-7,10H,1-5H3/t6-,7+,9-/m1/s1. The Morgan fingerprint density at radius 2 is 1.83 bits per heavy atom. The quantitative estimate of drug-likeness (QED) is 0.651. The molecule has 1 aliphatic heterocycles. The SMILES string of the molecule is C[C@@H]1OC(C)(C)O[C@]1(C)[C@@H](C)O. The fraction of sp³-hybridized carbons (Fsp3) is 1.00. The molecule has 0 bridgehead atoms. The summed E-state index contributed by atoms with van der Waals surface area (Å²) in [6.07, 6.45) is -0.596. The van der Waals surface area contributed by atoms with E-state index in [9.17, 15) is 5.11 Å². The zero-order valence-corrected chi connectivity index (χ0v) is 8.42. The number of aliphatic hydroxyl groups is 1. The summed E-state index contributed by atoms with van der Waals surface area (Å²) in [4.78, 5) is 0. The van der Waals surface area contributed by atoms with Crippen LogP contribution in [0.2, 0.25) is 0 Å². The third-order valence-corrected chi connectivity index (χ3v) is 2.56. The van der Waals surface area contributed by atoms with Crippen molar-refractivity contribution in [3.63, 3.8) is 0 Å². The van der Waals surface area contributed by atoms with Crippen LogP contribution in [0.4, 0.5) is 0 Å². The molecular formula is C9H18O3. The van der Waals surface area contributed by atoms with Crippen molar-refractivity contribution < 1.29 is 14.6 Å². The summed E-state index contributed by atoms with van der Waals surface area (Å²) in [5.74, 6) is -0.578. The Balaban J connectivity index is 2.81. The van der Waals surface area contributed by atoms with Crippen molar-refractivity contribution in [1.82, 2.24) is 0 Å². The fourth-order valence-corrected chi connectivity index (χ4v) is 1.60. The normalized spacial score (nSPS) is 43.0. The molecule has 1 heterocycles. The van der Waals surface area contributed by atoms with E-state index in [1.54, 1.807) is 6.92 Å². The highest BCUT2D eigenvalue weighted by atomic mass is 16.8. The van der Waals surface area contributed by atoms with Crippen LogP contribution in [-0.2, 0) is 9.47 Å². The van der Waals surface area contributed by atoms with Crippen LogP contribution in [-0.4, -0.2) is 28.7 Å². The smallest absolute Gasteiger partial charge is 0.164 e. The van der Waals surface area contributed by atoms with E-state index in [0.29, 0.717) is 0 Å². The highest BCUT2D eigenvalue weighted by Crippen LogP contribution is 2.38. The summed E-state index contributed by atoms with van der Waals surface area (Å²) in [6.45, 7) is 9.23. The van der Waals surface area contributed by atoms with Crippen molar-refractivity contribution in [2.24, 2.45) is 0 Å². The van der Waals surface area contributed by atoms with Gasteiger partial charge in [-0.1, -0.05) is 0 Å². The summed E-state index contributed by atoms with van der Waals surface area (Å²) < 4.78 is 11.2. The Morgan fingerprint density at radius 1 is 1.33 bits per heavy atom. The zero-order valence-electron chi connectivity index (χ0n) is 8.42. The van der Waals surface area contributed by atoms with E-state index in [2.05, 4.69) is 0 Å². The largest absolute Gasteiger partial charge is 0.390 e. The molecule has 3 atom stereocenters. The van der Waals surface area contributed by atoms with E-state index in [1.165, 1.54) is 0 Å². The summed E-state index contributed by atoms with van der Waals surface area (Å²) >= 11 is 0. The number of hydrogen-bond acceptors (Lipinski definition) is 3. The van der Waals surface area contributed by atoms with Gasteiger partial charge in [-0.15, -0.1) is 0 Å². The van der Waals surface area contributed by atoms with Crippen molar-refractivity contribution in [3.05, 3.63) is 0 Å². The van der Waals surface area contributed by atoms with Crippen molar-refractivity contribution in [3.8, 4) is 0 Å². The molecule has 1 aliphatic rings. The third kappa shape index (κ3) is 1.49. The molecule has 0 saturated carbocycles. The lowest BCUT2D eigenvalue weighted by Gasteiger charge is -2.30. The topological polar surface area (TPSA) is 38.7 Å². The molecule has 72 valence electrons. The predicted octanol–water partition coefficient (Wildman–Crippen LogP) is 1.30. The Hall–Kier alpha value is -0.120. The molecular weight excluding hydrogens is 156 g/mol. The van der Waals surface area contributed by atoms with Gasteiger partial charge in [0.25, 0.3) is 0 Å². The van der Waals surface area contributed by atoms with Gasteiger partial charge in [-0.05, 0) is 34.6 Å². The Kier molecular flexibility index (Phi) is 2.23. The van der Waals surface area contributed by atoms with Gasteiger partial charge in [-0.2, -0.15) is 0 Å². The maximum Gasteiger partial charge on any atom is 0.164 e. The van der Waals surface area contributed by atoms with Crippen molar-refractivity contribution in [2.45, 2.75) is 58.2 Å². The van der Waals surface area contributed by atoms with Gasteiger partial charge in [0, 0.05) is 0 Å². The van der Waals surface area contributed by atoms with Crippen LogP contribution in [0.3, 0.4) is 0 Å². The van der Waals surface area contributed by atoms with Gasteiger partial charge in [0.05, 0.1) is 12.2 Å². The Morgan fingerprint density at radius 3 is 2.00 bits per heavy atom. The molecule has 0 radical (unpaired) electrons. The maximum absolute atomic E-state index is 9.51. The van der Waals surface area contributed by atoms with Crippen LogP contribution in [0.25, 0.3) is 0 Å². The molecule has 0 aliphatic carbocycles. The second-order valence-electron chi connectivity index (χ2n) is 4.12. The van der Waals surface area contributed by atoms with Crippen LogP contribution in [0.15, 0.2) is 0 Å². The number of aliphatic hydroxyl groups excluding tert-OH is 1. The minimum absolute atomic E-state index is 0.0764. The first-order chi connectivity index (χ1) is 5.28. The van der Waals surface area contributed by atoms with Crippen LogP contribution in [0.1, 0.15) is 34.6 Å². The molecule has 1 N–H and O–H groups in total. The number of hydrogen-bond donors (Lipinski definition) is 1. The minimum Gasteiger partial charge on any atom is -0.390 e. The molecule has 3 heteroatoms. The van der Waals surface area contributed by atoms with Gasteiger partial charge in [-0.3, -0.25) is 0 Å². The van der Waals surface area contributed by atoms with Crippen molar-refractivity contribution in [2.75, 3.05) is 0 Å². The molecule has 1 fully saturated rings. The lowest BCUT2D eigenvalue weighted by molar-refractivity contribution is -0.177. The molecule has 0 spiro atoms. The Labute approximate surface area is 73.7 Å². The van der Waals surface area contributed by atoms with E-state index in [-0.39, 0.29) is 6.10 Å². The van der Waals surface area contributed by atoms with E-state index >= 15 is 0 Å². The molecule has 12 heavy (non-hydrogen) atoms. The first-order valence-corrected chi connectivity index (χ1v) is 4.34. The van der Waals surface area contributed by atoms with E-state index in [0.717, 1.165) is 0 Å². The van der Waals surface area contributed by atoms with E-state index in [4.69, 9.17) is 9.47 Å².